The zero-order valence-corrected chi connectivity index (χ0v) is 29.4. The van der Waals surface area contributed by atoms with Crippen molar-refractivity contribution in [3.8, 4) is 22.5 Å². The number of fused-ring (bicyclic) bond motifs is 3. The minimum Gasteiger partial charge on any atom is -0.501 e. The molecule has 3 nitrogen and oxygen atoms in total. The number of para-hydroxylation sites is 1. The molecule has 0 unspecified atom stereocenters. The fraction of sp³-hybridized carbons (Fsp3) is 0.190. The Morgan fingerprint density at radius 3 is 2.20 bits per heavy atom. The smallest absolute Gasteiger partial charge is 0.120 e. The first-order chi connectivity index (χ1) is 21.7. The average molecular weight is 779 g/mol. The maximum atomic E-state index is 6.11. The van der Waals surface area contributed by atoms with Gasteiger partial charge in [0.2, 0.25) is 0 Å². The molecular weight excluding hydrogens is 741 g/mol. The van der Waals surface area contributed by atoms with E-state index in [-0.39, 0.29) is 30.9 Å². The van der Waals surface area contributed by atoms with Gasteiger partial charge in [0, 0.05) is 43.3 Å². The fourth-order valence-corrected chi connectivity index (χ4v) is 5.89. The molecule has 0 fully saturated rings. The summed E-state index contributed by atoms with van der Waals surface area (Å²) in [5.74, 6) is 0. The van der Waals surface area contributed by atoms with Crippen LogP contribution in [0.2, 0.25) is 0 Å². The summed E-state index contributed by atoms with van der Waals surface area (Å²) in [6.45, 7) is 11.2. The molecule has 3 aromatic heterocycles. The zero-order valence-electron chi connectivity index (χ0n) is 27.0. The van der Waals surface area contributed by atoms with Gasteiger partial charge in [-0.2, -0.15) is 0 Å². The standard InChI is InChI=1S/C22H20NO.C20H18N.Ir/c1-22(2,3)14-15-11-12-23-19(13-15)18-9-6-8-17-16-7-4-5-10-20(16)24-21(17)18;1-20(2,17-12-7-4-8-13-17)18-14-9-15-21-19(18)16-10-5-3-6-11-16;/h4-8,10-13H,14H2,1-3H3;3-10,12-15H,1-2H3;/q2*-1;. The van der Waals surface area contributed by atoms with Gasteiger partial charge >= 0.3 is 0 Å². The Balaban J connectivity index is 0.000000179. The van der Waals surface area contributed by atoms with E-state index in [4.69, 9.17) is 4.42 Å². The number of furan rings is 1. The second-order valence-electron chi connectivity index (χ2n) is 13.1. The van der Waals surface area contributed by atoms with Crippen LogP contribution in [0.1, 0.15) is 51.3 Å². The van der Waals surface area contributed by atoms with Crippen LogP contribution in [0.15, 0.2) is 132 Å². The van der Waals surface area contributed by atoms with Gasteiger partial charge in [-0.15, -0.1) is 54.1 Å². The molecule has 0 aliphatic carbocycles. The number of nitrogens with zero attached hydrogens (tertiary/aromatic N) is 2. The van der Waals surface area contributed by atoms with Crippen molar-refractivity contribution in [2.45, 2.75) is 46.5 Å². The second kappa shape index (κ2) is 14.0. The van der Waals surface area contributed by atoms with Gasteiger partial charge in [-0.3, -0.25) is 0 Å². The SMILES string of the molecule is CC(C)(C)Cc1ccnc(-c2[c-]ccc3c2oc2ccccc23)c1.CC(C)(c1ccccc1)c1cccnc1-c1[c-]cccc1.[Ir]. The molecule has 7 aromatic rings. The number of hydrogen-bond donors (Lipinski definition) is 0. The van der Waals surface area contributed by atoms with Gasteiger partial charge in [-0.05, 0) is 47.0 Å². The number of benzene rings is 4. The predicted octanol–water partition coefficient (Wildman–Crippen LogP) is 10.9. The van der Waals surface area contributed by atoms with Gasteiger partial charge in [0.25, 0.3) is 0 Å². The summed E-state index contributed by atoms with van der Waals surface area (Å²) in [5.41, 5.74) is 9.59. The third-order valence-electron chi connectivity index (χ3n) is 8.09. The maximum absolute atomic E-state index is 6.11. The van der Waals surface area contributed by atoms with E-state index in [0.29, 0.717) is 0 Å². The van der Waals surface area contributed by atoms with Crippen molar-refractivity contribution in [2.75, 3.05) is 0 Å². The second-order valence-corrected chi connectivity index (χ2v) is 13.1. The summed E-state index contributed by atoms with van der Waals surface area (Å²) in [7, 11) is 0. The predicted molar refractivity (Wildman–Crippen MR) is 186 cm³/mol. The van der Waals surface area contributed by atoms with Crippen LogP contribution in [0.4, 0.5) is 0 Å². The van der Waals surface area contributed by atoms with Gasteiger partial charge in [-0.1, -0.05) is 117 Å². The van der Waals surface area contributed by atoms with Crippen molar-refractivity contribution >= 4 is 21.9 Å². The Labute approximate surface area is 286 Å². The minimum atomic E-state index is -0.103. The summed E-state index contributed by atoms with van der Waals surface area (Å²) in [5, 5.41) is 2.25. The molecule has 0 aliphatic rings. The van der Waals surface area contributed by atoms with Crippen LogP contribution >= 0.6 is 0 Å². The van der Waals surface area contributed by atoms with E-state index in [2.05, 4.69) is 123 Å². The van der Waals surface area contributed by atoms with Crippen molar-refractivity contribution in [1.82, 2.24) is 9.97 Å². The van der Waals surface area contributed by atoms with Gasteiger partial charge in [-0.25, -0.2) is 0 Å². The Hall–Kier alpha value is -4.37. The summed E-state index contributed by atoms with van der Waals surface area (Å²) in [6.07, 6.45) is 4.74. The average Bonchev–Trinajstić information content (AvgIpc) is 3.44. The number of aromatic nitrogens is 2. The molecule has 0 bridgehead atoms. The maximum Gasteiger partial charge on any atom is 0.120 e. The summed E-state index contributed by atoms with van der Waals surface area (Å²) in [6, 6.07) is 45.7. The molecule has 0 amide bonds. The summed E-state index contributed by atoms with van der Waals surface area (Å²) in [4.78, 5) is 9.18. The van der Waals surface area contributed by atoms with Crippen molar-refractivity contribution in [2.24, 2.45) is 5.41 Å². The minimum absolute atomic E-state index is 0. The van der Waals surface area contributed by atoms with E-state index in [0.717, 1.165) is 50.9 Å². The largest absolute Gasteiger partial charge is 0.501 e. The normalized spacial score (nSPS) is 11.5. The molecular formula is C42H38IrN2O-2. The van der Waals surface area contributed by atoms with Crippen LogP contribution in [-0.4, -0.2) is 9.97 Å². The topological polar surface area (TPSA) is 38.9 Å². The van der Waals surface area contributed by atoms with E-state index < -0.39 is 0 Å². The van der Waals surface area contributed by atoms with Gasteiger partial charge in [0.05, 0.1) is 5.58 Å². The molecule has 1 radical (unpaired) electrons. The van der Waals surface area contributed by atoms with Crippen molar-refractivity contribution in [3.63, 3.8) is 0 Å². The Bertz CT molecular complexity index is 2040. The van der Waals surface area contributed by atoms with E-state index in [1.165, 1.54) is 16.7 Å². The molecule has 0 aliphatic heterocycles. The third-order valence-corrected chi connectivity index (χ3v) is 8.09. The molecule has 7 rings (SSSR count). The first-order valence-corrected chi connectivity index (χ1v) is 15.5. The summed E-state index contributed by atoms with van der Waals surface area (Å²) >= 11 is 0. The van der Waals surface area contributed by atoms with E-state index in [1.807, 2.05) is 60.9 Å². The number of hydrogen-bond acceptors (Lipinski definition) is 3. The molecule has 0 atom stereocenters. The van der Waals surface area contributed by atoms with Crippen LogP contribution in [0.3, 0.4) is 0 Å². The third kappa shape index (κ3) is 7.20. The van der Waals surface area contributed by atoms with Gasteiger partial charge in [0.15, 0.2) is 0 Å². The van der Waals surface area contributed by atoms with Crippen molar-refractivity contribution in [1.29, 1.82) is 0 Å². The van der Waals surface area contributed by atoms with Crippen molar-refractivity contribution in [3.05, 3.63) is 156 Å². The molecule has 46 heavy (non-hydrogen) atoms. The molecule has 0 spiro atoms. The first-order valence-electron chi connectivity index (χ1n) is 15.5. The van der Waals surface area contributed by atoms with Gasteiger partial charge in [0.1, 0.15) is 5.58 Å². The molecule has 3 heterocycles. The van der Waals surface area contributed by atoms with Crippen LogP contribution in [-0.2, 0) is 31.9 Å². The number of rotatable bonds is 5. The Kier molecular flexibility index (Phi) is 10.0. The first kappa shape index (κ1) is 33.0. The Morgan fingerprint density at radius 2 is 1.43 bits per heavy atom. The van der Waals surface area contributed by atoms with Crippen molar-refractivity contribution < 1.29 is 24.5 Å². The van der Waals surface area contributed by atoms with Crippen LogP contribution in [0.25, 0.3) is 44.5 Å². The molecule has 4 heteroatoms. The number of pyridine rings is 2. The van der Waals surface area contributed by atoms with Gasteiger partial charge < -0.3 is 14.4 Å². The van der Waals surface area contributed by atoms with Crippen LogP contribution in [0.5, 0.6) is 0 Å². The molecule has 0 saturated heterocycles. The van der Waals surface area contributed by atoms with E-state index >= 15 is 0 Å². The quantitative estimate of drug-likeness (QED) is 0.163. The molecule has 4 aromatic carbocycles. The molecule has 0 N–H and O–H groups in total. The van der Waals surface area contributed by atoms with E-state index in [9.17, 15) is 0 Å². The van der Waals surface area contributed by atoms with Crippen LogP contribution < -0.4 is 0 Å². The fourth-order valence-electron chi connectivity index (χ4n) is 5.89. The van der Waals surface area contributed by atoms with Crippen LogP contribution in [0, 0.1) is 17.5 Å². The zero-order chi connectivity index (χ0) is 31.4. The molecule has 0 saturated carbocycles. The Morgan fingerprint density at radius 1 is 0.674 bits per heavy atom. The summed E-state index contributed by atoms with van der Waals surface area (Å²) < 4.78 is 6.11. The monoisotopic (exact) mass is 779 g/mol. The molecule has 233 valence electrons. The van der Waals surface area contributed by atoms with E-state index in [1.54, 1.807) is 0 Å².